The molecule has 23 heavy (non-hydrogen) atoms. The molecule has 1 heterocycles. The van der Waals surface area contributed by atoms with Crippen LogP contribution in [0, 0.1) is 0 Å². The summed E-state index contributed by atoms with van der Waals surface area (Å²) in [5, 5.41) is 9.37. The van der Waals surface area contributed by atoms with E-state index in [0.717, 1.165) is 0 Å². The zero-order valence-electron chi connectivity index (χ0n) is 12.2. The molecule has 0 aliphatic rings. The summed E-state index contributed by atoms with van der Waals surface area (Å²) in [6.45, 7) is 0. The maximum Gasteiger partial charge on any atom is 0.303 e. The fourth-order valence-corrected chi connectivity index (χ4v) is 2.32. The number of nitrogen functional groups attached to an aromatic ring is 1. The number of methoxy groups -OCH3 is 1. The molecule has 0 spiro atoms. The average molecular weight is 357 g/mol. The van der Waals surface area contributed by atoms with Crippen LogP contribution in [0.25, 0.3) is 0 Å². The number of nitrogens with zero attached hydrogens (tertiary/aromatic N) is 1. The number of halogens is 2. The van der Waals surface area contributed by atoms with Gasteiger partial charge in [0.25, 0.3) is 0 Å². The predicted molar refractivity (Wildman–Crippen MR) is 87.7 cm³/mol. The minimum Gasteiger partial charge on any atom is -0.481 e. The number of aryl methyl sites for hydroxylation is 1. The molecule has 0 fully saturated rings. The monoisotopic (exact) mass is 356 g/mol. The van der Waals surface area contributed by atoms with Gasteiger partial charge in [-0.1, -0.05) is 23.2 Å². The Morgan fingerprint density at radius 2 is 2.04 bits per heavy atom. The third-order valence-corrected chi connectivity index (χ3v) is 3.42. The quantitative estimate of drug-likeness (QED) is 0.764. The van der Waals surface area contributed by atoms with Crippen LogP contribution in [0.5, 0.6) is 17.4 Å². The standard InChI is InChI=1S/C15H14Cl2N2O4/c1-22-15-14(17)12(7-10(19-15)2-3-13(20)21)23-11-5-8(16)4-9(18)6-11/h4-7H,2-3,18H2,1H3,(H,20,21). The van der Waals surface area contributed by atoms with Crippen LogP contribution in [0.3, 0.4) is 0 Å². The van der Waals surface area contributed by atoms with Gasteiger partial charge in [0.2, 0.25) is 5.88 Å². The number of rotatable bonds is 6. The smallest absolute Gasteiger partial charge is 0.303 e. The van der Waals surface area contributed by atoms with Gasteiger partial charge in [0.15, 0.2) is 5.75 Å². The number of benzene rings is 1. The number of carboxylic acid groups (broad SMARTS) is 1. The zero-order valence-corrected chi connectivity index (χ0v) is 13.7. The first-order chi connectivity index (χ1) is 10.9. The van der Waals surface area contributed by atoms with Gasteiger partial charge in [-0.25, -0.2) is 4.98 Å². The van der Waals surface area contributed by atoms with Gasteiger partial charge in [-0.3, -0.25) is 4.79 Å². The van der Waals surface area contributed by atoms with E-state index in [1.165, 1.54) is 7.11 Å². The van der Waals surface area contributed by atoms with Gasteiger partial charge >= 0.3 is 5.97 Å². The summed E-state index contributed by atoms with van der Waals surface area (Å²) in [4.78, 5) is 14.9. The van der Waals surface area contributed by atoms with Crippen molar-refractivity contribution in [2.24, 2.45) is 0 Å². The SMILES string of the molecule is COc1nc(CCC(=O)O)cc(Oc2cc(N)cc(Cl)c2)c1Cl. The number of carboxylic acids is 1. The first-order valence-electron chi connectivity index (χ1n) is 6.58. The Hall–Kier alpha value is -2.18. The Bertz CT molecular complexity index is 717. The van der Waals surface area contributed by atoms with E-state index in [9.17, 15) is 4.79 Å². The van der Waals surface area contributed by atoms with Gasteiger partial charge in [-0.2, -0.15) is 0 Å². The molecule has 0 aliphatic carbocycles. The largest absolute Gasteiger partial charge is 0.481 e. The van der Waals surface area contributed by atoms with E-state index in [1.807, 2.05) is 0 Å². The highest BCUT2D eigenvalue weighted by atomic mass is 35.5. The molecule has 0 radical (unpaired) electrons. The van der Waals surface area contributed by atoms with Gasteiger partial charge in [0.05, 0.1) is 13.5 Å². The van der Waals surface area contributed by atoms with Crippen LogP contribution in [-0.4, -0.2) is 23.2 Å². The van der Waals surface area contributed by atoms with Crippen LogP contribution in [-0.2, 0) is 11.2 Å². The molecule has 3 N–H and O–H groups in total. The molecule has 2 aromatic rings. The number of ether oxygens (including phenoxy) is 2. The molecule has 8 heteroatoms. The van der Waals surface area contributed by atoms with Crippen LogP contribution < -0.4 is 15.2 Å². The number of aromatic nitrogens is 1. The van der Waals surface area contributed by atoms with Crippen molar-refractivity contribution < 1.29 is 19.4 Å². The van der Waals surface area contributed by atoms with E-state index in [-0.39, 0.29) is 29.5 Å². The number of hydrogen-bond acceptors (Lipinski definition) is 5. The lowest BCUT2D eigenvalue weighted by molar-refractivity contribution is -0.136. The molecule has 122 valence electrons. The second-order valence-corrected chi connectivity index (χ2v) is 5.47. The minimum atomic E-state index is -0.925. The van der Waals surface area contributed by atoms with Crippen molar-refractivity contribution in [3.05, 3.63) is 40.0 Å². The highest BCUT2D eigenvalue weighted by Gasteiger charge is 2.15. The normalized spacial score (nSPS) is 10.4. The Balaban J connectivity index is 2.35. The summed E-state index contributed by atoms with van der Waals surface area (Å²) in [6.07, 6.45) is 0.151. The van der Waals surface area contributed by atoms with Crippen molar-refractivity contribution in [3.8, 4) is 17.4 Å². The molecule has 1 aromatic carbocycles. The number of anilines is 1. The third-order valence-electron chi connectivity index (χ3n) is 2.86. The van der Waals surface area contributed by atoms with Crippen molar-refractivity contribution >= 4 is 34.9 Å². The molecule has 0 amide bonds. The van der Waals surface area contributed by atoms with Crippen LogP contribution in [0.1, 0.15) is 12.1 Å². The number of nitrogens with two attached hydrogens (primary N) is 1. The van der Waals surface area contributed by atoms with E-state index >= 15 is 0 Å². The van der Waals surface area contributed by atoms with E-state index in [0.29, 0.717) is 22.2 Å². The summed E-state index contributed by atoms with van der Waals surface area (Å²) in [5.41, 5.74) is 6.64. The zero-order chi connectivity index (χ0) is 17.0. The molecule has 0 unspecified atom stereocenters. The molecule has 6 nitrogen and oxygen atoms in total. The summed E-state index contributed by atoms with van der Waals surface area (Å²) in [6, 6.07) is 6.32. The lowest BCUT2D eigenvalue weighted by atomic mass is 10.2. The molecule has 0 saturated heterocycles. The van der Waals surface area contributed by atoms with Crippen molar-refractivity contribution in [2.75, 3.05) is 12.8 Å². The summed E-state index contributed by atoms with van der Waals surface area (Å²) >= 11 is 12.1. The average Bonchev–Trinajstić information content (AvgIpc) is 2.46. The fraction of sp³-hybridized carbons (Fsp3) is 0.200. The van der Waals surface area contributed by atoms with Gasteiger partial charge < -0.3 is 20.3 Å². The highest BCUT2D eigenvalue weighted by Crippen LogP contribution is 2.37. The van der Waals surface area contributed by atoms with Gasteiger partial charge in [-0.15, -0.1) is 0 Å². The second-order valence-electron chi connectivity index (χ2n) is 4.65. The molecule has 0 bridgehead atoms. The van der Waals surface area contributed by atoms with Crippen LogP contribution >= 0.6 is 23.2 Å². The number of carbonyl (C=O) groups is 1. The van der Waals surface area contributed by atoms with Crippen molar-refractivity contribution in [1.82, 2.24) is 4.98 Å². The highest BCUT2D eigenvalue weighted by molar-refractivity contribution is 6.33. The Morgan fingerprint density at radius 1 is 1.30 bits per heavy atom. The molecule has 1 aromatic heterocycles. The van der Waals surface area contributed by atoms with Crippen molar-refractivity contribution in [3.63, 3.8) is 0 Å². The molecular formula is C15H14Cl2N2O4. The van der Waals surface area contributed by atoms with Gasteiger partial charge in [0, 0.05) is 35.0 Å². The molecule has 0 aliphatic heterocycles. The molecule has 2 rings (SSSR count). The second kappa shape index (κ2) is 7.39. The van der Waals surface area contributed by atoms with E-state index in [4.69, 9.17) is 43.5 Å². The predicted octanol–water partition coefficient (Wildman–Crippen LogP) is 3.79. The van der Waals surface area contributed by atoms with Crippen LogP contribution in [0.2, 0.25) is 10.0 Å². The molecule has 0 saturated carbocycles. The lowest BCUT2D eigenvalue weighted by Crippen LogP contribution is -2.02. The number of hydrogen-bond donors (Lipinski definition) is 2. The summed E-state index contributed by atoms with van der Waals surface area (Å²) in [7, 11) is 1.41. The fourth-order valence-electron chi connectivity index (χ4n) is 1.87. The van der Waals surface area contributed by atoms with Crippen LogP contribution in [0.15, 0.2) is 24.3 Å². The number of pyridine rings is 1. The summed E-state index contributed by atoms with van der Waals surface area (Å²) in [5.74, 6) is -0.0970. The molecular weight excluding hydrogens is 343 g/mol. The first-order valence-corrected chi connectivity index (χ1v) is 7.33. The number of aliphatic carboxylic acids is 1. The Kier molecular flexibility index (Phi) is 5.52. The Morgan fingerprint density at radius 3 is 2.65 bits per heavy atom. The van der Waals surface area contributed by atoms with E-state index < -0.39 is 5.97 Å². The molecule has 0 atom stereocenters. The van der Waals surface area contributed by atoms with Crippen molar-refractivity contribution in [2.45, 2.75) is 12.8 Å². The Labute approximate surface area is 142 Å². The maximum atomic E-state index is 10.7. The van der Waals surface area contributed by atoms with E-state index in [1.54, 1.807) is 24.3 Å². The van der Waals surface area contributed by atoms with Crippen molar-refractivity contribution in [1.29, 1.82) is 0 Å². The minimum absolute atomic E-state index is 0.0681. The van der Waals surface area contributed by atoms with Gasteiger partial charge in [0.1, 0.15) is 10.8 Å². The topological polar surface area (TPSA) is 94.7 Å². The maximum absolute atomic E-state index is 10.7. The first kappa shape index (κ1) is 17.2. The summed E-state index contributed by atoms with van der Waals surface area (Å²) < 4.78 is 10.8. The van der Waals surface area contributed by atoms with Crippen LogP contribution in [0.4, 0.5) is 5.69 Å². The lowest BCUT2D eigenvalue weighted by Gasteiger charge is -2.12. The van der Waals surface area contributed by atoms with Gasteiger partial charge in [-0.05, 0) is 12.1 Å². The third kappa shape index (κ3) is 4.64. The van der Waals surface area contributed by atoms with E-state index in [2.05, 4.69) is 4.98 Å².